The first-order valence-electron chi connectivity index (χ1n) is 4.20. The van der Waals surface area contributed by atoms with E-state index in [1.54, 1.807) is 6.20 Å². The molecule has 1 fully saturated rings. The van der Waals surface area contributed by atoms with Gasteiger partial charge < -0.3 is 9.67 Å². The predicted octanol–water partition coefficient (Wildman–Crippen LogP) is 0.760. The van der Waals surface area contributed by atoms with Crippen LogP contribution in [0.25, 0.3) is 0 Å². The molecule has 0 aromatic carbocycles. The zero-order valence-corrected chi connectivity index (χ0v) is 10.5. The van der Waals surface area contributed by atoms with Crippen LogP contribution in [0.5, 0.6) is 0 Å². The van der Waals surface area contributed by atoms with E-state index in [9.17, 15) is 13.2 Å². The first-order valence-corrected chi connectivity index (χ1v) is 7.10. The van der Waals surface area contributed by atoms with Crippen molar-refractivity contribution in [2.45, 2.75) is 6.04 Å². The van der Waals surface area contributed by atoms with Gasteiger partial charge in [-0.2, -0.15) is 0 Å². The molecule has 0 saturated carbocycles. The fourth-order valence-electron chi connectivity index (χ4n) is 1.62. The monoisotopic (exact) mass is 341 g/mol. The van der Waals surface area contributed by atoms with Gasteiger partial charge >= 0.3 is 5.97 Å². The van der Waals surface area contributed by atoms with E-state index in [-0.39, 0.29) is 23.2 Å². The van der Waals surface area contributed by atoms with Crippen LogP contribution in [0, 0.1) is 3.57 Å². The summed E-state index contributed by atoms with van der Waals surface area (Å²) in [6.07, 6.45) is 1.67. The van der Waals surface area contributed by atoms with Crippen LogP contribution in [0.4, 0.5) is 0 Å². The zero-order valence-electron chi connectivity index (χ0n) is 7.55. The molecule has 0 unspecified atom stereocenters. The summed E-state index contributed by atoms with van der Waals surface area (Å²) in [5.74, 6) is -0.946. The van der Waals surface area contributed by atoms with Crippen molar-refractivity contribution in [1.82, 2.24) is 4.57 Å². The highest BCUT2D eigenvalue weighted by Crippen LogP contribution is 2.27. The van der Waals surface area contributed by atoms with Gasteiger partial charge in [-0.3, -0.25) is 0 Å². The lowest BCUT2D eigenvalue weighted by atomic mass is 10.3. The molecule has 0 bridgehead atoms. The molecule has 1 aliphatic heterocycles. The van der Waals surface area contributed by atoms with E-state index in [1.807, 2.05) is 22.6 Å². The van der Waals surface area contributed by atoms with Gasteiger partial charge in [-0.1, -0.05) is 0 Å². The molecule has 0 aliphatic carbocycles. The van der Waals surface area contributed by atoms with Crippen molar-refractivity contribution in [3.63, 3.8) is 0 Å². The Morgan fingerprint density at radius 3 is 2.60 bits per heavy atom. The molecule has 1 saturated heterocycles. The van der Waals surface area contributed by atoms with E-state index in [4.69, 9.17) is 5.11 Å². The van der Waals surface area contributed by atoms with Gasteiger partial charge in [-0.15, -0.1) is 0 Å². The third-order valence-electron chi connectivity index (χ3n) is 2.32. The molecule has 1 N–H and O–H groups in total. The molecule has 82 valence electrons. The smallest absolute Gasteiger partial charge is 0.352 e. The summed E-state index contributed by atoms with van der Waals surface area (Å²) >= 11 is 2.01. The molecule has 2 rings (SSSR count). The predicted molar refractivity (Wildman–Crippen MR) is 61.8 cm³/mol. The Balaban J connectivity index is 2.33. The summed E-state index contributed by atoms with van der Waals surface area (Å²) in [4.78, 5) is 10.9. The Kier molecular flexibility index (Phi) is 2.53. The number of aromatic carboxylic acids is 1. The van der Waals surface area contributed by atoms with Crippen LogP contribution in [-0.2, 0) is 9.84 Å². The number of carboxylic acid groups (broad SMARTS) is 1. The minimum absolute atomic E-state index is 0.0397. The SMILES string of the molecule is O=C(O)c1cc(I)cn1C1CS(=O)(=O)C1. The number of carboxylic acids is 1. The van der Waals surface area contributed by atoms with Gasteiger partial charge in [0.15, 0.2) is 9.84 Å². The second kappa shape index (κ2) is 3.48. The number of rotatable bonds is 2. The van der Waals surface area contributed by atoms with Crippen LogP contribution >= 0.6 is 22.6 Å². The van der Waals surface area contributed by atoms with Crippen LogP contribution < -0.4 is 0 Å². The van der Waals surface area contributed by atoms with Gasteiger partial charge in [-0.25, -0.2) is 13.2 Å². The lowest BCUT2D eigenvalue weighted by Gasteiger charge is -2.28. The van der Waals surface area contributed by atoms with E-state index in [1.165, 1.54) is 10.6 Å². The molecule has 0 amide bonds. The molecule has 5 nitrogen and oxygen atoms in total. The first-order chi connectivity index (χ1) is 6.89. The van der Waals surface area contributed by atoms with E-state index in [2.05, 4.69) is 0 Å². The molecule has 0 spiro atoms. The van der Waals surface area contributed by atoms with Crippen LogP contribution in [-0.4, -0.2) is 35.6 Å². The lowest BCUT2D eigenvalue weighted by molar-refractivity contribution is 0.0683. The molecule has 1 aromatic rings. The molecule has 15 heavy (non-hydrogen) atoms. The van der Waals surface area contributed by atoms with E-state index in [0.717, 1.165) is 3.57 Å². The summed E-state index contributed by atoms with van der Waals surface area (Å²) in [5, 5.41) is 8.90. The van der Waals surface area contributed by atoms with Gasteiger partial charge in [0.1, 0.15) is 5.69 Å². The standard InChI is InChI=1S/C8H8INO4S/c9-5-1-7(8(11)12)10(2-5)6-3-15(13,14)4-6/h1-2,6H,3-4H2,(H,11,12). The molecule has 1 aromatic heterocycles. The average Bonchev–Trinajstić information content (AvgIpc) is 2.42. The largest absolute Gasteiger partial charge is 0.477 e. The highest BCUT2D eigenvalue weighted by atomic mass is 127. The van der Waals surface area contributed by atoms with E-state index >= 15 is 0 Å². The van der Waals surface area contributed by atoms with Crippen molar-refractivity contribution < 1.29 is 18.3 Å². The minimum Gasteiger partial charge on any atom is -0.477 e. The maximum absolute atomic E-state index is 11.0. The third-order valence-corrected chi connectivity index (χ3v) is 4.70. The van der Waals surface area contributed by atoms with E-state index < -0.39 is 15.8 Å². The fraction of sp³-hybridized carbons (Fsp3) is 0.375. The minimum atomic E-state index is -2.93. The molecule has 0 radical (unpaired) electrons. The Labute approximate surface area is 100 Å². The fourth-order valence-corrected chi connectivity index (χ4v) is 3.61. The number of aromatic nitrogens is 1. The lowest BCUT2D eigenvalue weighted by Crippen LogP contribution is -2.38. The molecular formula is C8H8INO4S. The van der Waals surface area contributed by atoms with Gasteiger partial charge in [0, 0.05) is 9.77 Å². The topological polar surface area (TPSA) is 76.4 Å². The summed E-state index contributed by atoms with van der Waals surface area (Å²) in [5.41, 5.74) is 0.152. The molecular weight excluding hydrogens is 333 g/mol. The van der Waals surface area contributed by atoms with Gasteiger partial charge in [0.25, 0.3) is 0 Å². The van der Waals surface area contributed by atoms with Gasteiger partial charge in [0.05, 0.1) is 17.5 Å². The Hall–Kier alpha value is -0.570. The molecule has 1 aliphatic rings. The number of hydrogen-bond donors (Lipinski definition) is 1. The normalized spacial score (nSPS) is 19.8. The van der Waals surface area contributed by atoms with E-state index in [0.29, 0.717) is 0 Å². The van der Waals surface area contributed by atoms with Crippen LogP contribution in [0.1, 0.15) is 16.5 Å². The van der Waals surface area contributed by atoms with Crippen molar-refractivity contribution >= 4 is 38.4 Å². The maximum atomic E-state index is 11.0. The van der Waals surface area contributed by atoms with Crippen LogP contribution in [0.15, 0.2) is 12.3 Å². The molecule has 2 heterocycles. The molecule has 7 heteroatoms. The Morgan fingerprint density at radius 2 is 2.13 bits per heavy atom. The average molecular weight is 341 g/mol. The number of carbonyl (C=O) groups is 1. The highest BCUT2D eigenvalue weighted by molar-refractivity contribution is 14.1. The third kappa shape index (κ3) is 2.03. The van der Waals surface area contributed by atoms with Gasteiger partial charge in [0.2, 0.25) is 0 Å². The second-order valence-corrected chi connectivity index (χ2v) is 6.89. The summed E-state index contributed by atoms with van der Waals surface area (Å²) < 4.78 is 24.3. The number of hydrogen-bond acceptors (Lipinski definition) is 3. The van der Waals surface area contributed by atoms with Crippen molar-refractivity contribution in [1.29, 1.82) is 0 Å². The maximum Gasteiger partial charge on any atom is 0.352 e. The van der Waals surface area contributed by atoms with Crippen LogP contribution in [0.2, 0.25) is 0 Å². The number of sulfone groups is 1. The summed E-state index contributed by atoms with van der Waals surface area (Å²) in [6.45, 7) is 0. The number of halogens is 1. The Bertz CT molecular complexity index is 507. The first kappa shape index (κ1) is 10.9. The molecule has 0 atom stereocenters. The summed E-state index contributed by atoms with van der Waals surface area (Å²) in [7, 11) is -2.93. The Morgan fingerprint density at radius 1 is 1.53 bits per heavy atom. The van der Waals surface area contributed by atoms with Crippen molar-refractivity contribution in [3.8, 4) is 0 Å². The highest BCUT2D eigenvalue weighted by Gasteiger charge is 2.36. The quantitative estimate of drug-likeness (QED) is 0.806. The van der Waals surface area contributed by atoms with Gasteiger partial charge in [-0.05, 0) is 28.7 Å². The van der Waals surface area contributed by atoms with Crippen molar-refractivity contribution in [2.75, 3.05) is 11.5 Å². The van der Waals surface area contributed by atoms with Crippen LogP contribution in [0.3, 0.4) is 0 Å². The van der Waals surface area contributed by atoms with Crippen molar-refractivity contribution in [2.24, 2.45) is 0 Å². The van der Waals surface area contributed by atoms with Crippen molar-refractivity contribution in [3.05, 3.63) is 21.5 Å². The second-order valence-electron chi connectivity index (χ2n) is 3.49. The zero-order chi connectivity index (χ0) is 11.2. The summed E-state index contributed by atoms with van der Waals surface area (Å²) in [6, 6.07) is 1.32. The number of nitrogens with zero attached hydrogens (tertiary/aromatic N) is 1.